The van der Waals surface area contributed by atoms with Crippen LogP contribution in [0.5, 0.6) is 5.75 Å². The van der Waals surface area contributed by atoms with Crippen molar-refractivity contribution in [1.82, 2.24) is 0 Å². The molecular formula is C11H10F2O. The molecular weight excluding hydrogens is 186 g/mol. The van der Waals surface area contributed by atoms with Gasteiger partial charge < -0.3 is 4.74 Å². The van der Waals surface area contributed by atoms with Gasteiger partial charge in [0.15, 0.2) is 0 Å². The number of ether oxygens (including phenoxy) is 1. The molecule has 0 saturated heterocycles. The van der Waals surface area contributed by atoms with Gasteiger partial charge in [-0.1, -0.05) is 12.8 Å². The van der Waals surface area contributed by atoms with E-state index in [9.17, 15) is 8.78 Å². The molecule has 0 aliphatic heterocycles. The van der Waals surface area contributed by atoms with Crippen LogP contribution in [0.2, 0.25) is 0 Å². The second kappa shape index (κ2) is 4.61. The van der Waals surface area contributed by atoms with Crippen LogP contribution in [0.1, 0.15) is 18.1 Å². The Labute approximate surface area is 81.7 Å². The Hall–Kier alpha value is -1.56. The molecule has 1 aromatic carbocycles. The molecule has 0 aliphatic carbocycles. The lowest BCUT2D eigenvalue weighted by atomic mass is 10.1. The molecule has 0 aromatic heterocycles. The highest BCUT2D eigenvalue weighted by Crippen LogP contribution is 2.22. The Morgan fingerprint density at radius 1 is 1.50 bits per heavy atom. The first-order valence-corrected chi connectivity index (χ1v) is 4.21. The molecule has 0 bridgehead atoms. The number of alkyl halides is 2. The van der Waals surface area contributed by atoms with Gasteiger partial charge in [0.2, 0.25) is 0 Å². The van der Waals surface area contributed by atoms with E-state index in [0.29, 0.717) is 17.5 Å². The van der Waals surface area contributed by atoms with Gasteiger partial charge in [-0.15, -0.1) is 6.42 Å². The second-order valence-electron chi connectivity index (χ2n) is 2.70. The van der Waals surface area contributed by atoms with Crippen molar-refractivity contribution in [2.75, 3.05) is 0 Å². The second-order valence-corrected chi connectivity index (χ2v) is 2.70. The summed E-state index contributed by atoms with van der Waals surface area (Å²) in [6, 6.07) is 4.73. The Balaban J connectivity index is 3.00. The average Bonchev–Trinajstić information content (AvgIpc) is 2.17. The molecule has 0 heterocycles. The Kier molecular flexibility index (Phi) is 3.47. The normalized spacial score (nSPS) is 9.93. The topological polar surface area (TPSA) is 9.23 Å². The van der Waals surface area contributed by atoms with Crippen LogP contribution >= 0.6 is 0 Å². The van der Waals surface area contributed by atoms with E-state index in [0.717, 1.165) is 0 Å². The first kappa shape index (κ1) is 10.5. The SMILES string of the molecule is C#Cc1ccc(OC(F)F)c(CC)c1. The van der Waals surface area contributed by atoms with Gasteiger partial charge in [0.25, 0.3) is 0 Å². The van der Waals surface area contributed by atoms with E-state index < -0.39 is 6.61 Å². The highest BCUT2D eigenvalue weighted by Gasteiger charge is 2.08. The van der Waals surface area contributed by atoms with E-state index in [1.807, 2.05) is 6.92 Å². The van der Waals surface area contributed by atoms with Crippen LogP contribution in [-0.4, -0.2) is 6.61 Å². The summed E-state index contributed by atoms with van der Waals surface area (Å²) < 4.78 is 28.2. The summed E-state index contributed by atoms with van der Waals surface area (Å²) in [7, 11) is 0. The molecule has 0 fully saturated rings. The molecule has 1 rings (SSSR count). The molecule has 74 valence electrons. The summed E-state index contributed by atoms with van der Waals surface area (Å²) in [5.74, 6) is 2.63. The van der Waals surface area contributed by atoms with Crippen molar-refractivity contribution in [3.63, 3.8) is 0 Å². The zero-order valence-corrected chi connectivity index (χ0v) is 7.76. The van der Waals surface area contributed by atoms with Crippen LogP contribution in [0, 0.1) is 12.3 Å². The third-order valence-electron chi connectivity index (χ3n) is 1.82. The van der Waals surface area contributed by atoms with Crippen LogP contribution < -0.4 is 4.74 Å². The molecule has 1 aromatic rings. The van der Waals surface area contributed by atoms with Crippen LogP contribution in [-0.2, 0) is 6.42 Å². The summed E-state index contributed by atoms with van der Waals surface area (Å²) in [6.07, 6.45) is 5.79. The lowest BCUT2D eigenvalue weighted by molar-refractivity contribution is -0.0504. The summed E-state index contributed by atoms with van der Waals surface area (Å²) in [5, 5.41) is 0. The maximum absolute atomic E-state index is 12.0. The highest BCUT2D eigenvalue weighted by atomic mass is 19.3. The van der Waals surface area contributed by atoms with E-state index in [2.05, 4.69) is 10.7 Å². The minimum absolute atomic E-state index is 0.196. The molecule has 14 heavy (non-hydrogen) atoms. The minimum atomic E-state index is -2.79. The Morgan fingerprint density at radius 3 is 2.71 bits per heavy atom. The predicted molar refractivity (Wildman–Crippen MR) is 50.4 cm³/mol. The van der Waals surface area contributed by atoms with Gasteiger partial charge in [-0.3, -0.25) is 0 Å². The van der Waals surface area contributed by atoms with Crippen molar-refractivity contribution in [1.29, 1.82) is 0 Å². The number of terminal acetylenes is 1. The maximum atomic E-state index is 12.0. The standard InChI is InChI=1S/C11H10F2O/c1-3-8-5-6-10(14-11(12)13)9(4-2)7-8/h1,5-7,11H,4H2,2H3. The van der Waals surface area contributed by atoms with Crippen LogP contribution in [0.4, 0.5) is 8.78 Å². The van der Waals surface area contributed by atoms with Crippen molar-refractivity contribution < 1.29 is 13.5 Å². The molecule has 0 amide bonds. The van der Waals surface area contributed by atoms with Crippen molar-refractivity contribution in [3.8, 4) is 18.1 Å². The molecule has 0 N–H and O–H groups in total. The largest absolute Gasteiger partial charge is 0.435 e. The molecule has 3 heteroatoms. The summed E-state index contributed by atoms with van der Waals surface area (Å²) in [6.45, 7) is -0.939. The fourth-order valence-corrected chi connectivity index (χ4v) is 1.16. The van der Waals surface area contributed by atoms with E-state index in [-0.39, 0.29) is 5.75 Å². The quantitative estimate of drug-likeness (QED) is 0.675. The molecule has 1 nitrogen and oxygen atoms in total. The van der Waals surface area contributed by atoms with Gasteiger partial charge in [-0.25, -0.2) is 0 Å². The molecule has 0 spiro atoms. The fraction of sp³-hybridized carbons (Fsp3) is 0.273. The number of halogens is 2. The first-order valence-electron chi connectivity index (χ1n) is 4.21. The number of hydrogen-bond donors (Lipinski definition) is 0. The number of aryl methyl sites for hydroxylation is 1. The lowest BCUT2D eigenvalue weighted by Crippen LogP contribution is -2.04. The molecule has 0 radical (unpaired) electrons. The lowest BCUT2D eigenvalue weighted by Gasteiger charge is -2.09. The van der Waals surface area contributed by atoms with Gasteiger partial charge in [-0.05, 0) is 30.2 Å². The summed E-state index contributed by atoms with van der Waals surface area (Å²) in [4.78, 5) is 0. The van der Waals surface area contributed by atoms with Crippen molar-refractivity contribution >= 4 is 0 Å². The van der Waals surface area contributed by atoms with Crippen LogP contribution in [0.15, 0.2) is 18.2 Å². The Bertz CT molecular complexity index is 353. The van der Waals surface area contributed by atoms with Gasteiger partial charge in [0.05, 0.1) is 0 Å². The van der Waals surface area contributed by atoms with Crippen molar-refractivity contribution in [2.24, 2.45) is 0 Å². The average molecular weight is 196 g/mol. The van der Waals surface area contributed by atoms with Crippen LogP contribution in [0.25, 0.3) is 0 Å². The summed E-state index contributed by atoms with van der Waals surface area (Å²) >= 11 is 0. The van der Waals surface area contributed by atoms with Gasteiger partial charge in [0.1, 0.15) is 5.75 Å². The fourth-order valence-electron chi connectivity index (χ4n) is 1.16. The zero-order valence-electron chi connectivity index (χ0n) is 7.76. The van der Waals surface area contributed by atoms with E-state index in [4.69, 9.17) is 6.42 Å². The van der Waals surface area contributed by atoms with Crippen molar-refractivity contribution in [3.05, 3.63) is 29.3 Å². The van der Waals surface area contributed by atoms with Gasteiger partial charge in [-0.2, -0.15) is 8.78 Å². The summed E-state index contributed by atoms with van der Waals surface area (Å²) in [5.41, 5.74) is 1.37. The number of benzene rings is 1. The van der Waals surface area contributed by atoms with Crippen molar-refractivity contribution in [2.45, 2.75) is 20.0 Å². The van der Waals surface area contributed by atoms with E-state index >= 15 is 0 Å². The minimum Gasteiger partial charge on any atom is -0.435 e. The van der Waals surface area contributed by atoms with E-state index in [1.54, 1.807) is 12.1 Å². The molecule has 0 aliphatic rings. The number of rotatable bonds is 3. The predicted octanol–water partition coefficient (Wildman–Crippen LogP) is 2.83. The zero-order chi connectivity index (χ0) is 10.6. The third-order valence-corrected chi connectivity index (χ3v) is 1.82. The maximum Gasteiger partial charge on any atom is 0.387 e. The first-order chi connectivity index (χ1) is 6.67. The monoisotopic (exact) mass is 196 g/mol. The number of hydrogen-bond acceptors (Lipinski definition) is 1. The molecule has 0 unspecified atom stereocenters. The molecule has 0 atom stereocenters. The van der Waals surface area contributed by atoms with E-state index in [1.165, 1.54) is 6.07 Å². The third kappa shape index (κ3) is 2.46. The van der Waals surface area contributed by atoms with Gasteiger partial charge in [0, 0.05) is 5.56 Å². The molecule has 0 saturated carbocycles. The smallest absolute Gasteiger partial charge is 0.387 e. The van der Waals surface area contributed by atoms with Gasteiger partial charge >= 0.3 is 6.61 Å². The van der Waals surface area contributed by atoms with Crippen LogP contribution in [0.3, 0.4) is 0 Å². The highest BCUT2D eigenvalue weighted by molar-refractivity contribution is 5.43. The Morgan fingerprint density at radius 2 is 2.21 bits per heavy atom.